The van der Waals surface area contributed by atoms with Gasteiger partial charge in [0.15, 0.2) is 19.7 Å². The van der Waals surface area contributed by atoms with Crippen molar-refractivity contribution in [3.8, 4) is 0 Å². The van der Waals surface area contributed by atoms with Crippen LogP contribution in [0, 0.1) is 102 Å². The Morgan fingerprint density at radius 2 is 0.863 bits per heavy atom. The Hall–Kier alpha value is -3.86. The molecule has 4 aliphatic heterocycles. The molecule has 2 aromatic rings. The van der Waals surface area contributed by atoms with Crippen LogP contribution in [-0.2, 0) is 19.7 Å². The Balaban J connectivity index is 0.000000182. The van der Waals surface area contributed by atoms with E-state index in [1.807, 2.05) is 18.2 Å². The molecular weight excluding hydrogens is 1310 g/mol. The lowest BCUT2D eigenvalue weighted by Crippen LogP contribution is -2.69. The van der Waals surface area contributed by atoms with E-state index in [1.165, 1.54) is 184 Å². The molecule has 6 heterocycles. The van der Waals surface area contributed by atoms with E-state index in [0.717, 1.165) is 67.4 Å². The van der Waals surface area contributed by atoms with Crippen molar-refractivity contribution in [1.82, 2.24) is 19.8 Å². The van der Waals surface area contributed by atoms with Crippen molar-refractivity contribution < 1.29 is 31.5 Å². The van der Waals surface area contributed by atoms with Crippen molar-refractivity contribution >= 4 is 43.2 Å². The second-order valence-electron chi connectivity index (χ2n) is 39.3. The Bertz CT molecular complexity index is 3430. The number of allylic oxidation sites excluding steroid dienone is 2. The first-order valence-electron chi connectivity index (χ1n) is 41.1. The number of anilines is 2. The van der Waals surface area contributed by atoms with Gasteiger partial charge in [0, 0.05) is 62.7 Å². The van der Waals surface area contributed by atoms with Crippen LogP contribution in [0.15, 0.2) is 61.0 Å². The number of pyridine rings is 2. The molecule has 1 amide bonds. The number of carboxylic acid groups (broad SMARTS) is 1. The second-order valence-corrected chi connectivity index (χ2v) is 43.9. The smallest absolute Gasteiger partial charge is 0.337 e. The number of amides is 1. The number of carboxylic acids is 1. The number of fused-ring (bicyclic) bond motifs is 14. The zero-order valence-corrected chi connectivity index (χ0v) is 67.1. The van der Waals surface area contributed by atoms with Gasteiger partial charge in [0.25, 0.3) is 0 Å². The molecule has 0 radical (unpaired) electrons. The summed E-state index contributed by atoms with van der Waals surface area (Å²) in [5.41, 5.74) is 11.8. The van der Waals surface area contributed by atoms with E-state index in [2.05, 4.69) is 121 Å². The number of aromatic nitrogens is 2. The molecule has 0 bridgehead atoms. The Morgan fingerprint density at radius 3 is 1.22 bits per heavy atom. The molecule has 16 heteroatoms. The van der Waals surface area contributed by atoms with Gasteiger partial charge >= 0.3 is 5.97 Å². The average molecular weight is 1440 g/mol. The Labute approximate surface area is 617 Å². The zero-order valence-electron chi connectivity index (χ0n) is 65.5. The van der Waals surface area contributed by atoms with E-state index in [-0.39, 0.29) is 27.5 Å². The second kappa shape index (κ2) is 27.7. The van der Waals surface area contributed by atoms with Gasteiger partial charge in [-0.2, -0.15) is 0 Å². The predicted molar refractivity (Wildman–Crippen MR) is 415 cm³/mol. The van der Waals surface area contributed by atoms with Crippen LogP contribution in [0.1, 0.15) is 271 Å². The van der Waals surface area contributed by atoms with Crippen molar-refractivity contribution in [3.63, 3.8) is 0 Å². The normalized spacial score (nSPS) is 41.5. The number of carbonyl (C=O) groups excluding carboxylic acids is 1. The van der Waals surface area contributed by atoms with Gasteiger partial charge in [-0.3, -0.25) is 4.79 Å². The largest absolute Gasteiger partial charge is 0.478 e. The van der Waals surface area contributed by atoms with E-state index in [4.69, 9.17) is 10.7 Å². The maximum absolute atomic E-state index is 11.9. The van der Waals surface area contributed by atoms with Crippen LogP contribution in [0.3, 0.4) is 0 Å². The first-order chi connectivity index (χ1) is 47.9. The minimum Gasteiger partial charge on any atom is -0.478 e. The van der Waals surface area contributed by atoms with Gasteiger partial charge in [-0.15, -0.1) is 0 Å². The van der Waals surface area contributed by atoms with Crippen molar-refractivity contribution in [3.05, 3.63) is 72.1 Å². The molecule has 4 saturated heterocycles. The summed E-state index contributed by atoms with van der Waals surface area (Å²) < 4.78 is 47.6. The molecule has 0 aromatic carbocycles. The molecule has 14 rings (SSSR count). The third-order valence-corrected chi connectivity index (χ3v) is 37.8. The quantitative estimate of drug-likeness (QED) is 0.106. The van der Waals surface area contributed by atoms with E-state index >= 15 is 0 Å². The lowest BCUT2D eigenvalue weighted by Gasteiger charge is -2.73. The van der Waals surface area contributed by atoms with Crippen LogP contribution in [0.25, 0.3) is 0 Å². The topological polar surface area (TPSA) is 187 Å². The van der Waals surface area contributed by atoms with Crippen LogP contribution >= 0.6 is 0 Å². The lowest BCUT2D eigenvalue weighted by atomic mass is 9.33. The molecule has 8 saturated carbocycles. The van der Waals surface area contributed by atoms with Gasteiger partial charge in [-0.1, -0.05) is 91.5 Å². The molecule has 12 aliphatic rings. The number of carbonyl (C=O) groups is 2. The number of piperidine rings is 2. The molecule has 18 atom stereocenters. The molecule has 102 heavy (non-hydrogen) atoms. The highest BCUT2D eigenvalue weighted by Crippen LogP contribution is 2.80. The zero-order chi connectivity index (χ0) is 73.2. The summed E-state index contributed by atoms with van der Waals surface area (Å²) in [6.45, 7) is 46.9. The minimum absolute atomic E-state index is 0.0305. The van der Waals surface area contributed by atoms with Gasteiger partial charge in [0.2, 0.25) is 5.91 Å². The Kier molecular flexibility index (Phi) is 20.7. The maximum Gasteiger partial charge on any atom is 0.337 e. The molecule has 568 valence electrons. The molecule has 2 aromatic heterocycles. The van der Waals surface area contributed by atoms with Gasteiger partial charge in [0.1, 0.15) is 11.6 Å². The number of hydrogen-bond acceptors (Lipinski definition) is 12. The number of primary amides is 1. The van der Waals surface area contributed by atoms with Crippen LogP contribution in [0.2, 0.25) is 0 Å². The fourth-order valence-corrected chi connectivity index (χ4v) is 31.5. The van der Waals surface area contributed by atoms with E-state index in [9.17, 15) is 31.5 Å². The van der Waals surface area contributed by atoms with Gasteiger partial charge in [0.05, 0.1) is 34.1 Å². The van der Waals surface area contributed by atoms with Gasteiger partial charge in [-0.05, 0) is 323 Å². The fraction of sp³-hybridized carbons (Fsp3) is 0.814. The van der Waals surface area contributed by atoms with E-state index < -0.39 is 31.6 Å². The first-order valence-corrected chi connectivity index (χ1v) is 44.8. The molecule has 12 fully saturated rings. The summed E-state index contributed by atoms with van der Waals surface area (Å²) in [4.78, 5) is 42.5. The molecule has 14 nitrogen and oxygen atoms in total. The highest BCUT2D eigenvalue weighted by atomic mass is 32.2. The number of rotatable bonds is 18. The lowest BCUT2D eigenvalue weighted by molar-refractivity contribution is -0.228. The summed E-state index contributed by atoms with van der Waals surface area (Å²) in [5.74, 6) is 8.79. The van der Waals surface area contributed by atoms with Crippen LogP contribution in [-0.4, -0.2) is 140 Å². The number of hydrogen-bond donors (Lipinski definition) is 2. The molecule has 0 spiro atoms. The summed E-state index contributed by atoms with van der Waals surface area (Å²) in [6.07, 6.45) is 37.2. The molecule has 3 N–H and O–H groups in total. The van der Waals surface area contributed by atoms with Crippen molar-refractivity contribution in [1.29, 1.82) is 0 Å². The van der Waals surface area contributed by atoms with E-state index in [1.54, 1.807) is 12.3 Å². The third kappa shape index (κ3) is 12.9. The molecular formula is C86H135N7O7S2. The number of aromatic carboxylic acids is 1. The summed E-state index contributed by atoms with van der Waals surface area (Å²) in [5, 5.41) is 9.46. The number of sulfone groups is 2. The fourth-order valence-electron chi connectivity index (χ4n) is 28.9. The highest BCUT2D eigenvalue weighted by molar-refractivity contribution is 7.91. The monoisotopic (exact) mass is 1440 g/mol. The predicted octanol–water partition coefficient (Wildman–Crippen LogP) is 17.2. The average Bonchev–Trinajstić information content (AvgIpc) is 1.07. The maximum atomic E-state index is 11.9. The van der Waals surface area contributed by atoms with Crippen LogP contribution in [0.4, 0.5) is 11.6 Å². The van der Waals surface area contributed by atoms with Crippen LogP contribution in [0.5, 0.6) is 0 Å². The van der Waals surface area contributed by atoms with Crippen molar-refractivity contribution in [2.24, 2.45) is 108 Å². The van der Waals surface area contributed by atoms with E-state index in [0.29, 0.717) is 117 Å². The number of nitrogens with zero attached hydrogens (tertiary/aromatic N) is 6. The Morgan fingerprint density at radius 1 is 0.471 bits per heavy atom. The van der Waals surface area contributed by atoms with Gasteiger partial charge < -0.3 is 30.4 Å². The SMILES string of the molecule is C=C(C)[C@@H]1CC[C@]2(CCCCCN3CCS(=O)(=O)CC3)CC[C@]3(C)[C@H](CC[C@@H]4[C@@]5(C)CCN(c6ccc(C(=O)O)cn6)C(C)(C)[C@@H]5CC[C@]43C)[C@@H]12.C=C(C)[C@@H]1CC[C@]2(CCCCCN3CCS(=O)(=O)CC3)CC[C@]3(C)[C@H](CC[C@@H]4[C@@]5(C)CCN(c6ccc(C(N)=O)cn6)C(C)(C)[C@@H]5CC[C@]43C)[C@@H]12. The summed E-state index contributed by atoms with van der Waals surface area (Å²) in [7, 11) is -5.63. The van der Waals surface area contributed by atoms with Crippen molar-refractivity contribution in [2.45, 2.75) is 261 Å². The van der Waals surface area contributed by atoms with Crippen molar-refractivity contribution in [2.75, 3.05) is 85.2 Å². The molecule has 8 aliphatic carbocycles. The number of unbranched alkanes of at least 4 members (excludes halogenated alkanes) is 4. The highest BCUT2D eigenvalue weighted by Gasteiger charge is 2.73. The van der Waals surface area contributed by atoms with Crippen LogP contribution < -0.4 is 15.5 Å². The number of nitrogens with two attached hydrogens (primary N) is 1. The standard InChI is InChI=1S/C43H68N4O3S.C43H67N3O4S/c1-30(2)32-15-19-43(17-9-8-10-23-46-25-27-51(49,50)28-26-46)21-20-41(6)33(37(32)43)12-13-35-40(5)22-24-47(36-14-11-31(29-45-36)38(44)48)39(3,4)34(40)16-18-42(35,41)7;1-30(2)32-15-19-43(17-9-8-10-23-45-25-27-51(49,50)28-26-45)21-20-41(6)33(37(32)43)12-13-35-40(5)22-24-46(36-14-11-31(29-44-36)38(47)48)39(3,4)34(40)16-18-42(35,41)7/h11,14,29,32-35,37H,1,8-10,12-13,15-28H2,2-7H3,(H2,44,48);11,14,29,32-35,37H,1,8-10,12-13,15-28H2,2-7H3,(H,47,48)/t2*32-,33+,34-,35+,37+,40-,41+,42+,43+/m00/s1. The minimum atomic E-state index is -2.81. The third-order valence-electron chi connectivity index (χ3n) is 34.6. The molecule has 0 unspecified atom stereocenters. The van der Waals surface area contributed by atoms with Gasteiger partial charge in [-0.25, -0.2) is 31.6 Å². The summed E-state index contributed by atoms with van der Waals surface area (Å²) in [6, 6.07) is 7.47. The first kappa shape index (κ1) is 76.3. The summed E-state index contributed by atoms with van der Waals surface area (Å²) >= 11 is 0.